The lowest BCUT2D eigenvalue weighted by Gasteiger charge is -2.25. The molecule has 0 heterocycles. The van der Waals surface area contributed by atoms with Gasteiger partial charge in [0.15, 0.2) is 0 Å². The molecule has 0 unspecified atom stereocenters. The Labute approximate surface area is 235 Å². The number of nitrogens with one attached hydrogen (secondary N) is 3. The molecule has 0 aliphatic heterocycles. The summed E-state index contributed by atoms with van der Waals surface area (Å²) in [6.45, 7) is 9.07. The summed E-state index contributed by atoms with van der Waals surface area (Å²) < 4.78 is 15.4. The molecular formula is C25H45N7O8. The molecule has 0 saturated heterocycles. The van der Waals surface area contributed by atoms with Gasteiger partial charge in [-0.2, -0.15) is 0 Å². The average Bonchev–Trinajstić information content (AvgIpc) is 2.82. The molecular weight excluding hydrogens is 526 g/mol. The molecule has 0 aromatic carbocycles. The third-order valence-corrected chi connectivity index (χ3v) is 5.00. The van der Waals surface area contributed by atoms with Gasteiger partial charge in [0, 0.05) is 31.0 Å². The van der Waals surface area contributed by atoms with Gasteiger partial charge in [-0.1, -0.05) is 31.8 Å². The van der Waals surface area contributed by atoms with Crippen molar-refractivity contribution in [3.8, 4) is 0 Å². The van der Waals surface area contributed by atoms with Crippen LogP contribution in [0, 0.1) is 0 Å². The number of amides is 3. The monoisotopic (exact) mass is 571 g/mol. The van der Waals surface area contributed by atoms with Crippen molar-refractivity contribution in [1.29, 1.82) is 0 Å². The Bertz CT molecular complexity index is 872. The molecule has 0 radical (unpaired) electrons. The maximum Gasteiger partial charge on any atom is 0.408 e. The molecule has 15 heteroatoms. The second kappa shape index (κ2) is 20.3. The van der Waals surface area contributed by atoms with Crippen molar-refractivity contribution in [2.24, 2.45) is 5.11 Å². The average molecular weight is 572 g/mol. The van der Waals surface area contributed by atoms with Gasteiger partial charge in [-0.05, 0) is 45.6 Å². The number of esters is 2. The summed E-state index contributed by atoms with van der Waals surface area (Å²) in [6.07, 6.45) is 1.51. The van der Waals surface area contributed by atoms with Crippen LogP contribution in [0.15, 0.2) is 5.11 Å². The standard InChI is InChI=1S/C25H45N7O8/c1-7-9-13-38-21(34)16-19(29-24(37)40-25(3,4)5)23(36)28-18(11-12-27-31-26)15-20(33)30-32(6)17-22(35)39-14-10-8-2/h18-19H,7-17H2,1-6H3,(H,28,36)(H,29,37)(H,30,33)/t18-,19-/m0/s1. The van der Waals surface area contributed by atoms with E-state index in [-0.39, 0.29) is 39.1 Å². The van der Waals surface area contributed by atoms with Gasteiger partial charge in [-0.25, -0.2) is 9.80 Å². The Balaban J connectivity index is 5.38. The van der Waals surface area contributed by atoms with E-state index in [9.17, 15) is 24.0 Å². The first-order valence-electron chi connectivity index (χ1n) is 13.4. The highest BCUT2D eigenvalue weighted by atomic mass is 16.6. The highest BCUT2D eigenvalue weighted by molar-refractivity contribution is 5.90. The summed E-state index contributed by atoms with van der Waals surface area (Å²) in [6, 6.07) is -2.18. The van der Waals surface area contributed by atoms with Crippen molar-refractivity contribution in [2.75, 3.05) is 33.4 Å². The summed E-state index contributed by atoms with van der Waals surface area (Å²) in [5.74, 6) is -2.50. The minimum atomic E-state index is -1.35. The van der Waals surface area contributed by atoms with Gasteiger partial charge in [0.1, 0.15) is 18.2 Å². The lowest BCUT2D eigenvalue weighted by atomic mass is 10.1. The first-order valence-corrected chi connectivity index (χ1v) is 13.4. The second-order valence-electron chi connectivity index (χ2n) is 10.1. The van der Waals surface area contributed by atoms with Crippen LogP contribution in [-0.2, 0) is 33.4 Å². The number of nitrogens with zero attached hydrogens (tertiary/aromatic N) is 4. The number of carbonyl (C=O) groups is 5. The molecule has 0 aromatic rings. The SMILES string of the molecule is CCCCOC(=O)C[C@H](NC(=O)OC(C)(C)C)C(=O)N[C@@H](CCN=[N+]=[N-])CC(=O)NN(C)CC(=O)OCCCC. The van der Waals surface area contributed by atoms with E-state index in [1.165, 1.54) is 12.1 Å². The van der Waals surface area contributed by atoms with Crippen LogP contribution in [0.2, 0.25) is 0 Å². The number of hydrazine groups is 1. The minimum absolute atomic E-state index is 0.0302. The van der Waals surface area contributed by atoms with E-state index in [2.05, 4.69) is 26.1 Å². The van der Waals surface area contributed by atoms with Crippen molar-refractivity contribution in [1.82, 2.24) is 21.1 Å². The van der Waals surface area contributed by atoms with E-state index in [1.54, 1.807) is 20.8 Å². The molecule has 0 saturated carbocycles. The molecule has 0 spiro atoms. The van der Waals surface area contributed by atoms with Crippen LogP contribution >= 0.6 is 0 Å². The molecule has 0 bridgehead atoms. The number of rotatable bonds is 19. The van der Waals surface area contributed by atoms with Crippen LogP contribution in [0.3, 0.4) is 0 Å². The topological polar surface area (TPSA) is 201 Å². The van der Waals surface area contributed by atoms with Crippen LogP contribution in [0.4, 0.5) is 4.79 Å². The Hall–Kier alpha value is -3.58. The maximum atomic E-state index is 13.1. The Kier molecular flexibility index (Phi) is 18.5. The van der Waals surface area contributed by atoms with Gasteiger partial charge in [-0.15, -0.1) is 0 Å². The predicted molar refractivity (Wildman–Crippen MR) is 145 cm³/mol. The largest absolute Gasteiger partial charge is 0.466 e. The normalized spacial score (nSPS) is 12.4. The van der Waals surface area contributed by atoms with Gasteiger partial charge in [0.25, 0.3) is 0 Å². The van der Waals surface area contributed by atoms with E-state index in [1.807, 2.05) is 13.8 Å². The quantitative estimate of drug-likeness (QED) is 0.0396. The van der Waals surface area contributed by atoms with Crippen molar-refractivity contribution in [3.63, 3.8) is 0 Å². The summed E-state index contributed by atoms with van der Waals surface area (Å²) in [7, 11) is 1.48. The van der Waals surface area contributed by atoms with E-state index in [0.717, 1.165) is 19.3 Å². The Morgan fingerprint density at radius 2 is 1.55 bits per heavy atom. The number of unbranched alkanes of at least 4 members (excludes halogenated alkanes) is 2. The van der Waals surface area contributed by atoms with Crippen LogP contribution < -0.4 is 16.1 Å². The van der Waals surface area contributed by atoms with Gasteiger partial charge in [-0.3, -0.25) is 24.6 Å². The van der Waals surface area contributed by atoms with Gasteiger partial charge < -0.3 is 24.8 Å². The lowest BCUT2D eigenvalue weighted by molar-refractivity contribution is -0.147. The smallest absolute Gasteiger partial charge is 0.408 e. The molecule has 0 fully saturated rings. The zero-order chi connectivity index (χ0) is 30.6. The highest BCUT2D eigenvalue weighted by Crippen LogP contribution is 2.09. The highest BCUT2D eigenvalue weighted by Gasteiger charge is 2.29. The maximum absolute atomic E-state index is 13.1. The first-order chi connectivity index (χ1) is 18.8. The molecule has 0 rings (SSSR count). The van der Waals surface area contributed by atoms with Crippen molar-refractivity contribution in [3.05, 3.63) is 10.4 Å². The molecule has 0 aromatic heterocycles. The Morgan fingerprint density at radius 3 is 2.10 bits per heavy atom. The van der Waals surface area contributed by atoms with Crippen LogP contribution in [0.25, 0.3) is 10.4 Å². The third-order valence-electron chi connectivity index (χ3n) is 5.00. The van der Waals surface area contributed by atoms with E-state index in [0.29, 0.717) is 6.42 Å². The number of carbonyl (C=O) groups excluding carboxylic acids is 5. The number of hydrogen-bond acceptors (Lipinski definition) is 10. The van der Waals surface area contributed by atoms with Gasteiger partial charge >= 0.3 is 18.0 Å². The molecule has 3 amide bonds. The fourth-order valence-corrected chi connectivity index (χ4v) is 3.09. The number of alkyl carbamates (subject to hydrolysis) is 1. The summed E-state index contributed by atoms with van der Waals surface area (Å²) >= 11 is 0. The van der Waals surface area contributed by atoms with Crippen molar-refractivity contribution >= 4 is 29.8 Å². The summed E-state index contributed by atoms with van der Waals surface area (Å²) in [5, 5.41) is 9.70. The fourth-order valence-electron chi connectivity index (χ4n) is 3.09. The lowest BCUT2D eigenvalue weighted by Crippen LogP contribution is -2.53. The molecule has 2 atom stereocenters. The third kappa shape index (κ3) is 19.5. The number of likely N-dealkylation sites (N-methyl/N-ethyl adjacent to an activating group) is 1. The van der Waals surface area contributed by atoms with Crippen molar-refractivity contribution in [2.45, 2.75) is 97.2 Å². The van der Waals surface area contributed by atoms with Gasteiger partial charge in [0.2, 0.25) is 11.8 Å². The second-order valence-corrected chi connectivity index (χ2v) is 10.1. The van der Waals surface area contributed by atoms with Gasteiger partial charge in [0.05, 0.1) is 19.6 Å². The van der Waals surface area contributed by atoms with E-state index >= 15 is 0 Å². The van der Waals surface area contributed by atoms with Crippen molar-refractivity contribution < 1.29 is 38.2 Å². The minimum Gasteiger partial charge on any atom is -0.466 e. The first kappa shape index (κ1) is 36.4. The van der Waals surface area contributed by atoms with E-state index in [4.69, 9.17) is 19.7 Å². The zero-order valence-electron chi connectivity index (χ0n) is 24.5. The summed E-state index contributed by atoms with van der Waals surface area (Å²) in [5.41, 5.74) is 10.3. The molecule has 228 valence electrons. The number of ether oxygens (including phenoxy) is 3. The fraction of sp³-hybridized carbons (Fsp3) is 0.800. The summed E-state index contributed by atoms with van der Waals surface area (Å²) in [4.78, 5) is 65.0. The zero-order valence-corrected chi connectivity index (χ0v) is 24.5. The molecule has 40 heavy (non-hydrogen) atoms. The number of hydrogen-bond donors (Lipinski definition) is 3. The van der Waals surface area contributed by atoms with Crippen LogP contribution in [-0.4, -0.2) is 85.9 Å². The number of azide groups is 1. The van der Waals surface area contributed by atoms with Crippen LogP contribution in [0.1, 0.15) is 79.6 Å². The van der Waals surface area contributed by atoms with E-state index < -0.39 is 54.0 Å². The predicted octanol–water partition coefficient (Wildman–Crippen LogP) is 2.49. The molecule has 0 aliphatic rings. The molecule has 3 N–H and O–H groups in total. The molecule has 0 aliphatic carbocycles. The molecule has 15 nitrogen and oxygen atoms in total. The Morgan fingerprint density at radius 1 is 0.950 bits per heavy atom. The van der Waals surface area contributed by atoms with Crippen LogP contribution in [0.5, 0.6) is 0 Å².